The summed E-state index contributed by atoms with van der Waals surface area (Å²) >= 11 is 5.79. The molecule has 0 aliphatic carbocycles. The number of aromatic nitrogens is 1. The summed E-state index contributed by atoms with van der Waals surface area (Å²) in [5, 5.41) is 9.35. The van der Waals surface area contributed by atoms with E-state index in [1.807, 2.05) is 13.8 Å². The molecule has 2 rings (SSSR count). The van der Waals surface area contributed by atoms with Crippen molar-refractivity contribution in [3.8, 4) is 5.88 Å². The molecule has 1 amide bonds. The molecule has 0 saturated carbocycles. The van der Waals surface area contributed by atoms with Gasteiger partial charge in [0.25, 0.3) is 16.1 Å². The predicted octanol–water partition coefficient (Wildman–Crippen LogP) is 1.33. The number of hydrogen-bond acceptors (Lipinski definition) is 6. The molecule has 0 aromatic carbocycles. The Morgan fingerprint density at radius 2 is 2.07 bits per heavy atom. The molecule has 1 saturated heterocycles. The van der Waals surface area contributed by atoms with Crippen molar-refractivity contribution >= 4 is 27.7 Å². The molecule has 1 aliphatic rings. The van der Waals surface area contributed by atoms with Gasteiger partial charge >= 0.3 is 0 Å². The lowest BCUT2D eigenvalue weighted by Crippen LogP contribution is -2.53. The minimum atomic E-state index is -3.86. The first-order chi connectivity index (χ1) is 12.7. The molecule has 0 bridgehead atoms. The Morgan fingerprint density at radius 1 is 1.41 bits per heavy atom. The normalized spacial score (nSPS) is 17.7. The van der Waals surface area contributed by atoms with Crippen LogP contribution in [-0.2, 0) is 15.0 Å². The molecule has 1 aliphatic heterocycles. The summed E-state index contributed by atoms with van der Waals surface area (Å²) in [5.41, 5.74) is 1.51. The third-order valence-corrected chi connectivity index (χ3v) is 6.00. The number of hydrogen-bond donors (Lipinski definition) is 3. The van der Waals surface area contributed by atoms with Crippen LogP contribution in [0.5, 0.6) is 5.88 Å². The maximum atomic E-state index is 12.6. The van der Waals surface area contributed by atoms with Crippen molar-refractivity contribution in [3.05, 3.63) is 23.4 Å². The molecule has 27 heavy (non-hydrogen) atoms. The van der Waals surface area contributed by atoms with Crippen molar-refractivity contribution in [1.29, 1.82) is 0 Å². The first-order valence-corrected chi connectivity index (χ1v) is 10.5. The van der Waals surface area contributed by atoms with Crippen molar-refractivity contribution in [1.82, 2.24) is 19.5 Å². The number of hydroxylamine groups is 1. The topological polar surface area (TPSA) is 121 Å². The summed E-state index contributed by atoms with van der Waals surface area (Å²) in [6.45, 7) is 4.23. The minimum absolute atomic E-state index is 0.0704. The zero-order valence-corrected chi connectivity index (χ0v) is 16.8. The Balaban J connectivity index is 1.92. The van der Waals surface area contributed by atoms with Gasteiger partial charge in [-0.3, -0.25) is 10.0 Å². The number of pyridine rings is 1. The van der Waals surface area contributed by atoms with Crippen LogP contribution in [-0.4, -0.2) is 54.1 Å². The molecule has 11 heteroatoms. The van der Waals surface area contributed by atoms with E-state index in [-0.39, 0.29) is 31.5 Å². The molecule has 1 fully saturated rings. The number of carbonyl (C=O) groups excluding carboxylic acids is 1. The smallest absolute Gasteiger partial charge is 0.280 e. The zero-order chi connectivity index (χ0) is 20.0. The quantitative estimate of drug-likeness (QED) is 0.431. The Kier molecular flexibility index (Phi) is 7.80. The van der Waals surface area contributed by atoms with E-state index in [2.05, 4.69) is 9.71 Å². The summed E-state index contributed by atoms with van der Waals surface area (Å²) in [6, 6.07) is 2.30. The second-order valence-electron chi connectivity index (χ2n) is 6.81. The standard InChI is InChI=1S/C16H25ClN4O5S/c1-11(2)9-14(16(22)19-23)20-27(24,25)21-7-5-13(6-8-21)26-15-4-3-12(17)10-18-15/h3-4,10-11,13-14,20,23H,5-9H2,1-2H3,(H,19,22). The number of halogens is 1. The maximum Gasteiger partial charge on any atom is 0.280 e. The van der Waals surface area contributed by atoms with Crippen LogP contribution >= 0.6 is 11.6 Å². The van der Waals surface area contributed by atoms with E-state index in [0.29, 0.717) is 23.7 Å². The van der Waals surface area contributed by atoms with Gasteiger partial charge in [0, 0.05) is 25.4 Å². The fourth-order valence-electron chi connectivity index (χ4n) is 2.81. The molecule has 1 atom stereocenters. The summed E-state index contributed by atoms with van der Waals surface area (Å²) < 4.78 is 34.6. The average Bonchev–Trinajstić information content (AvgIpc) is 2.62. The molecular weight excluding hydrogens is 396 g/mol. The maximum absolute atomic E-state index is 12.6. The lowest BCUT2D eigenvalue weighted by molar-refractivity contribution is -0.131. The SMILES string of the molecule is CC(C)CC(NS(=O)(=O)N1CCC(Oc2ccc(Cl)cn2)CC1)C(=O)NO. The molecule has 3 N–H and O–H groups in total. The van der Waals surface area contributed by atoms with E-state index in [4.69, 9.17) is 21.5 Å². The highest BCUT2D eigenvalue weighted by atomic mass is 35.5. The highest BCUT2D eigenvalue weighted by molar-refractivity contribution is 7.87. The fraction of sp³-hybridized carbons (Fsp3) is 0.625. The van der Waals surface area contributed by atoms with Crippen LogP contribution in [0.25, 0.3) is 0 Å². The van der Waals surface area contributed by atoms with Crippen LogP contribution in [0, 0.1) is 5.92 Å². The molecule has 2 heterocycles. The third-order valence-electron chi connectivity index (χ3n) is 4.15. The molecule has 0 radical (unpaired) electrons. The van der Waals surface area contributed by atoms with Crippen LogP contribution in [0.2, 0.25) is 5.02 Å². The van der Waals surface area contributed by atoms with Gasteiger partial charge in [0.15, 0.2) is 0 Å². The van der Waals surface area contributed by atoms with Gasteiger partial charge in [0.1, 0.15) is 12.1 Å². The predicted molar refractivity (Wildman–Crippen MR) is 99.7 cm³/mol. The monoisotopic (exact) mass is 420 g/mol. The van der Waals surface area contributed by atoms with Gasteiger partial charge in [-0.1, -0.05) is 25.4 Å². The van der Waals surface area contributed by atoms with Crippen molar-refractivity contribution < 1.29 is 23.2 Å². The first-order valence-electron chi connectivity index (χ1n) is 8.71. The molecule has 1 aromatic rings. The van der Waals surface area contributed by atoms with Crippen LogP contribution in [0.3, 0.4) is 0 Å². The molecule has 0 spiro atoms. The van der Waals surface area contributed by atoms with Gasteiger partial charge in [0.05, 0.1) is 5.02 Å². The van der Waals surface area contributed by atoms with Crippen molar-refractivity contribution in [2.75, 3.05) is 13.1 Å². The Morgan fingerprint density at radius 3 is 2.59 bits per heavy atom. The van der Waals surface area contributed by atoms with Crippen LogP contribution in [0.15, 0.2) is 18.3 Å². The van der Waals surface area contributed by atoms with Crippen molar-refractivity contribution in [2.24, 2.45) is 5.92 Å². The zero-order valence-electron chi connectivity index (χ0n) is 15.3. The van der Waals surface area contributed by atoms with Gasteiger partial charge < -0.3 is 4.74 Å². The van der Waals surface area contributed by atoms with E-state index in [1.165, 1.54) is 16.0 Å². The number of amides is 1. The van der Waals surface area contributed by atoms with E-state index >= 15 is 0 Å². The van der Waals surface area contributed by atoms with Gasteiger partial charge in [0.2, 0.25) is 5.88 Å². The molecular formula is C16H25ClN4O5S. The number of rotatable bonds is 8. The van der Waals surface area contributed by atoms with E-state index in [0.717, 1.165) is 0 Å². The molecule has 1 aromatic heterocycles. The van der Waals surface area contributed by atoms with E-state index < -0.39 is 22.2 Å². The van der Waals surface area contributed by atoms with Gasteiger partial charge in [-0.05, 0) is 31.2 Å². The van der Waals surface area contributed by atoms with Gasteiger partial charge in [-0.15, -0.1) is 0 Å². The lowest BCUT2D eigenvalue weighted by atomic mass is 10.0. The fourth-order valence-corrected chi connectivity index (χ4v) is 4.32. The summed E-state index contributed by atoms with van der Waals surface area (Å²) in [4.78, 5) is 15.8. The number of carbonyl (C=O) groups is 1. The van der Waals surface area contributed by atoms with Crippen molar-refractivity contribution in [2.45, 2.75) is 45.3 Å². The molecule has 152 valence electrons. The molecule has 1 unspecified atom stereocenters. The third kappa shape index (κ3) is 6.58. The molecule has 9 nitrogen and oxygen atoms in total. The first kappa shape index (κ1) is 21.8. The van der Waals surface area contributed by atoms with Gasteiger partial charge in [-0.2, -0.15) is 17.4 Å². The highest BCUT2D eigenvalue weighted by Crippen LogP contribution is 2.20. The lowest BCUT2D eigenvalue weighted by Gasteiger charge is -2.32. The van der Waals surface area contributed by atoms with Crippen LogP contribution in [0.4, 0.5) is 0 Å². The summed E-state index contributed by atoms with van der Waals surface area (Å²) in [6.07, 6.45) is 2.59. The number of piperidine rings is 1. The number of nitrogens with one attached hydrogen (secondary N) is 2. The number of ether oxygens (including phenoxy) is 1. The Hall–Kier alpha value is -1.46. The van der Waals surface area contributed by atoms with Crippen LogP contribution < -0.4 is 14.9 Å². The summed E-state index contributed by atoms with van der Waals surface area (Å²) in [5.74, 6) is -0.268. The summed E-state index contributed by atoms with van der Waals surface area (Å²) in [7, 11) is -3.86. The Labute approximate surface area is 164 Å². The van der Waals surface area contributed by atoms with Gasteiger partial charge in [-0.25, -0.2) is 10.5 Å². The highest BCUT2D eigenvalue weighted by Gasteiger charge is 2.33. The largest absolute Gasteiger partial charge is 0.474 e. The van der Waals surface area contributed by atoms with Crippen molar-refractivity contribution in [3.63, 3.8) is 0 Å². The second kappa shape index (κ2) is 9.65. The van der Waals surface area contributed by atoms with E-state index in [9.17, 15) is 13.2 Å². The van der Waals surface area contributed by atoms with Crippen LogP contribution in [0.1, 0.15) is 33.1 Å². The average molecular weight is 421 g/mol. The number of nitrogens with zero attached hydrogens (tertiary/aromatic N) is 2. The Bertz CT molecular complexity index is 721. The van der Waals surface area contributed by atoms with E-state index in [1.54, 1.807) is 12.1 Å². The second-order valence-corrected chi connectivity index (χ2v) is 8.95. The minimum Gasteiger partial charge on any atom is -0.474 e.